The molecule has 0 saturated carbocycles. The predicted molar refractivity (Wildman–Crippen MR) is 102 cm³/mol. The van der Waals surface area contributed by atoms with Crippen molar-refractivity contribution in [3.8, 4) is 17.1 Å². The van der Waals surface area contributed by atoms with Gasteiger partial charge in [-0.15, -0.1) is 10.2 Å². The summed E-state index contributed by atoms with van der Waals surface area (Å²) in [5, 5.41) is 21.2. The lowest BCUT2D eigenvalue weighted by Crippen LogP contribution is -2.26. The van der Waals surface area contributed by atoms with Gasteiger partial charge in [0.15, 0.2) is 0 Å². The van der Waals surface area contributed by atoms with Crippen LogP contribution in [0.15, 0.2) is 53.4 Å². The molecular formula is C18H21N5O4S. The molecule has 0 spiro atoms. The van der Waals surface area contributed by atoms with E-state index in [0.29, 0.717) is 24.5 Å². The lowest BCUT2D eigenvalue weighted by Gasteiger charge is -2.05. The van der Waals surface area contributed by atoms with Crippen LogP contribution in [-0.2, 0) is 16.6 Å². The zero-order valence-electron chi connectivity index (χ0n) is 15.3. The molecule has 2 aromatic carbocycles. The minimum Gasteiger partial charge on any atom is -0.494 e. The standard InChI is InChI=1S/C18H21N5O4S/c1-2-27-16-7-3-14(4-8-16)13-23-21-18(20-22-23)15-5-9-17(10-6-15)28(25,26)19-11-12-24/h3-10,19,24H,2,11-13H2,1H3. The molecule has 1 heterocycles. The maximum atomic E-state index is 12.0. The zero-order valence-corrected chi connectivity index (χ0v) is 16.1. The van der Waals surface area contributed by atoms with Gasteiger partial charge >= 0.3 is 0 Å². The summed E-state index contributed by atoms with van der Waals surface area (Å²) in [6, 6.07) is 13.8. The average Bonchev–Trinajstić information content (AvgIpc) is 3.17. The van der Waals surface area contributed by atoms with Gasteiger partial charge in [-0.1, -0.05) is 12.1 Å². The fourth-order valence-electron chi connectivity index (χ4n) is 2.49. The number of sulfonamides is 1. The number of nitrogens with zero attached hydrogens (tertiary/aromatic N) is 4. The first-order valence-corrected chi connectivity index (χ1v) is 10.2. The zero-order chi connectivity index (χ0) is 20.0. The lowest BCUT2D eigenvalue weighted by molar-refractivity contribution is 0.301. The first-order valence-electron chi connectivity index (χ1n) is 8.72. The van der Waals surface area contributed by atoms with Crippen LogP contribution >= 0.6 is 0 Å². The van der Waals surface area contributed by atoms with Crippen LogP contribution < -0.4 is 9.46 Å². The van der Waals surface area contributed by atoms with Crippen LogP contribution in [0.4, 0.5) is 0 Å². The van der Waals surface area contributed by atoms with E-state index in [1.54, 1.807) is 12.1 Å². The number of hydrogen-bond acceptors (Lipinski definition) is 7. The Morgan fingerprint density at radius 2 is 1.82 bits per heavy atom. The van der Waals surface area contributed by atoms with Crippen molar-refractivity contribution >= 4 is 10.0 Å². The third kappa shape index (κ3) is 4.91. The van der Waals surface area contributed by atoms with E-state index in [4.69, 9.17) is 9.84 Å². The van der Waals surface area contributed by atoms with Gasteiger partial charge in [0, 0.05) is 12.1 Å². The highest BCUT2D eigenvalue weighted by molar-refractivity contribution is 7.89. The minimum absolute atomic E-state index is 0.0362. The molecule has 3 aromatic rings. The van der Waals surface area contributed by atoms with Crippen molar-refractivity contribution in [1.82, 2.24) is 24.9 Å². The Morgan fingerprint density at radius 3 is 2.46 bits per heavy atom. The molecule has 9 nitrogen and oxygen atoms in total. The van der Waals surface area contributed by atoms with Crippen LogP contribution in [0, 0.1) is 0 Å². The molecule has 0 unspecified atom stereocenters. The van der Waals surface area contributed by atoms with Crippen molar-refractivity contribution in [2.45, 2.75) is 18.4 Å². The summed E-state index contributed by atoms with van der Waals surface area (Å²) < 4.78 is 31.8. The molecule has 0 aliphatic carbocycles. The second-order valence-corrected chi connectivity index (χ2v) is 7.63. The van der Waals surface area contributed by atoms with Crippen molar-refractivity contribution in [1.29, 1.82) is 0 Å². The van der Waals surface area contributed by atoms with Gasteiger partial charge in [0.2, 0.25) is 15.8 Å². The Labute approximate surface area is 163 Å². The van der Waals surface area contributed by atoms with Crippen molar-refractivity contribution in [3.63, 3.8) is 0 Å². The number of tetrazole rings is 1. The Kier molecular flexibility index (Phi) is 6.34. The summed E-state index contributed by atoms with van der Waals surface area (Å²) in [6.07, 6.45) is 0. The molecule has 2 N–H and O–H groups in total. The molecule has 0 aliphatic heterocycles. The van der Waals surface area contributed by atoms with Crippen molar-refractivity contribution in [3.05, 3.63) is 54.1 Å². The summed E-state index contributed by atoms with van der Waals surface area (Å²) in [4.78, 5) is 1.57. The number of hydrogen-bond donors (Lipinski definition) is 2. The van der Waals surface area contributed by atoms with E-state index in [0.717, 1.165) is 11.3 Å². The average molecular weight is 403 g/mol. The minimum atomic E-state index is -3.65. The van der Waals surface area contributed by atoms with Gasteiger partial charge < -0.3 is 9.84 Å². The van der Waals surface area contributed by atoms with Crippen LogP contribution in [-0.4, -0.2) is 53.5 Å². The van der Waals surface area contributed by atoms with E-state index in [2.05, 4.69) is 20.1 Å². The number of benzene rings is 2. The summed E-state index contributed by atoms with van der Waals surface area (Å²) in [6.45, 7) is 2.70. The lowest BCUT2D eigenvalue weighted by atomic mass is 10.2. The first kappa shape index (κ1) is 19.9. The smallest absolute Gasteiger partial charge is 0.240 e. The Bertz CT molecular complexity index is 1000. The van der Waals surface area contributed by atoms with Gasteiger partial charge in [0.05, 0.1) is 24.7 Å². The molecule has 10 heteroatoms. The topological polar surface area (TPSA) is 119 Å². The largest absolute Gasteiger partial charge is 0.494 e. The summed E-state index contributed by atoms with van der Waals surface area (Å²) in [5.74, 6) is 1.21. The quantitative estimate of drug-likeness (QED) is 0.548. The SMILES string of the molecule is CCOc1ccc(Cn2nnc(-c3ccc(S(=O)(=O)NCCO)cc3)n2)cc1. The Morgan fingerprint density at radius 1 is 1.11 bits per heavy atom. The highest BCUT2D eigenvalue weighted by Crippen LogP contribution is 2.18. The maximum absolute atomic E-state index is 12.0. The van der Waals surface area contributed by atoms with Gasteiger partial charge in [-0.2, -0.15) is 4.80 Å². The highest BCUT2D eigenvalue weighted by atomic mass is 32.2. The molecule has 0 bridgehead atoms. The second kappa shape index (κ2) is 8.91. The second-order valence-electron chi connectivity index (χ2n) is 5.87. The first-order chi connectivity index (χ1) is 13.5. The molecule has 28 heavy (non-hydrogen) atoms. The number of aromatic nitrogens is 4. The van der Waals surface area contributed by atoms with E-state index in [9.17, 15) is 8.42 Å². The normalized spacial score (nSPS) is 11.5. The number of ether oxygens (including phenoxy) is 1. The molecule has 1 aromatic heterocycles. The number of rotatable bonds is 9. The summed E-state index contributed by atoms with van der Waals surface area (Å²) >= 11 is 0. The third-order valence-corrected chi connectivity index (χ3v) is 5.31. The number of nitrogens with one attached hydrogen (secondary N) is 1. The molecule has 0 atom stereocenters. The molecule has 0 aliphatic rings. The van der Waals surface area contributed by atoms with Gasteiger partial charge in [-0.25, -0.2) is 13.1 Å². The van der Waals surface area contributed by atoms with Gasteiger partial charge in [0.25, 0.3) is 0 Å². The van der Waals surface area contributed by atoms with Gasteiger partial charge in [-0.05, 0) is 54.1 Å². The summed E-state index contributed by atoms with van der Waals surface area (Å²) in [7, 11) is -3.65. The molecule has 0 saturated heterocycles. The highest BCUT2D eigenvalue weighted by Gasteiger charge is 2.14. The van der Waals surface area contributed by atoms with Gasteiger partial charge in [-0.3, -0.25) is 0 Å². The maximum Gasteiger partial charge on any atom is 0.240 e. The predicted octanol–water partition coefficient (Wildman–Crippen LogP) is 1.06. The van der Waals surface area contributed by atoms with Crippen molar-refractivity contribution in [2.24, 2.45) is 0 Å². The van der Waals surface area contributed by atoms with Crippen LogP contribution in [0.3, 0.4) is 0 Å². The number of aliphatic hydroxyl groups excluding tert-OH is 1. The van der Waals surface area contributed by atoms with Crippen molar-refractivity contribution in [2.75, 3.05) is 19.8 Å². The fourth-order valence-corrected chi connectivity index (χ4v) is 3.51. The molecule has 0 amide bonds. The third-order valence-electron chi connectivity index (χ3n) is 3.84. The molecule has 148 valence electrons. The molecule has 0 fully saturated rings. The van der Waals surface area contributed by atoms with Crippen LogP contribution in [0.2, 0.25) is 0 Å². The Balaban J connectivity index is 1.69. The fraction of sp³-hybridized carbons (Fsp3) is 0.278. The van der Waals surface area contributed by atoms with Crippen molar-refractivity contribution < 1.29 is 18.3 Å². The monoisotopic (exact) mass is 403 g/mol. The van der Waals surface area contributed by atoms with Crippen LogP contribution in [0.1, 0.15) is 12.5 Å². The molecule has 3 rings (SSSR count). The van der Waals surface area contributed by atoms with Crippen LogP contribution in [0.5, 0.6) is 5.75 Å². The molecular weight excluding hydrogens is 382 g/mol. The van der Waals surface area contributed by atoms with E-state index in [1.165, 1.54) is 16.9 Å². The van der Waals surface area contributed by atoms with E-state index >= 15 is 0 Å². The van der Waals surface area contributed by atoms with E-state index in [1.807, 2.05) is 31.2 Å². The number of aliphatic hydroxyl groups is 1. The summed E-state index contributed by atoms with van der Waals surface area (Å²) in [5.41, 5.74) is 1.66. The van der Waals surface area contributed by atoms with Gasteiger partial charge in [0.1, 0.15) is 5.75 Å². The van der Waals surface area contributed by atoms with E-state index in [-0.39, 0.29) is 18.0 Å². The van der Waals surface area contributed by atoms with Crippen LogP contribution in [0.25, 0.3) is 11.4 Å². The molecule has 0 radical (unpaired) electrons. The van der Waals surface area contributed by atoms with E-state index < -0.39 is 10.0 Å². The Hall–Kier alpha value is -2.82.